The Kier molecular flexibility index (Phi) is 9.34. The summed E-state index contributed by atoms with van der Waals surface area (Å²) in [6.45, 7) is 12.6. The van der Waals surface area contributed by atoms with Gasteiger partial charge < -0.3 is 25.6 Å². The molecular formula is C25H45N5O4. The number of likely N-dealkylation sites (tertiary alicyclic amines) is 1. The molecule has 9 nitrogen and oxygen atoms in total. The van der Waals surface area contributed by atoms with Gasteiger partial charge >= 0.3 is 0 Å². The van der Waals surface area contributed by atoms with Gasteiger partial charge in [-0.2, -0.15) is 0 Å². The molecular weight excluding hydrogens is 434 g/mol. The van der Waals surface area contributed by atoms with Gasteiger partial charge in [0, 0.05) is 58.2 Å². The molecule has 0 aromatic carbocycles. The van der Waals surface area contributed by atoms with Crippen LogP contribution in [0, 0.1) is 5.41 Å². The Morgan fingerprint density at radius 3 is 2.32 bits per heavy atom. The average Bonchev–Trinajstić information content (AvgIpc) is 3.21. The number of hydrogen-bond acceptors (Lipinski definition) is 6. The fraction of sp³-hybridized carbons (Fsp3) is 0.880. The first-order valence-electron chi connectivity index (χ1n) is 13.0. The zero-order valence-corrected chi connectivity index (χ0v) is 21.6. The van der Waals surface area contributed by atoms with Gasteiger partial charge in [0.2, 0.25) is 17.7 Å². The Morgan fingerprint density at radius 2 is 1.74 bits per heavy atom. The van der Waals surface area contributed by atoms with Crippen LogP contribution in [0.4, 0.5) is 0 Å². The van der Waals surface area contributed by atoms with Crippen LogP contribution in [-0.4, -0.2) is 103 Å². The maximum atomic E-state index is 13.4. The van der Waals surface area contributed by atoms with Gasteiger partial charge in [-0.25, -0.2) is 0 Å². The molecule has 194 valence electrons. The second-order valence-corrected chi connectivity index (χ2v) is 11.5. The summed E-state index contributed by atoms with van der Waals surface area (Å²) < 4.78 is 5.45. The SMILES string of the molecule is CC(=O)N1CC(N(CCN2CCOCC2)C(=O)CC(C)(C)C)CC1C(=O)NC1CCC(N)CC1. The fourth-order valence-corrected chi connectivity index (χ4v) is 5.34. The van der Waals surface area contributed by atoms with Crippen molar-refractivity contribution < 1.29 is 19.1 Å². The van der Waals surface area contributed by atoms with Crippen molar-refractivity contribution in [2.45, 2.75) is 90.4 Å². The molecule has 1 saturated carbocycles. The number of amides is 3. The smallest absolute Gasteiger partial charge is 0.243 e. The van der Waals surface area contributed by atoms with Crippen molar-refractivity contribution in [3.05, 3.63) is 0 Å². The van der Waals surface area contributed by atoms with Gasteiger partial charge in [0.05, 0.1) is 19.3 Å². The number of rotatable bonds is 7. The number of hydrogen-bond donors (Lipinski definition) is 2. The molecule has 0 aromatic heterocycles. The van der Waals surface area contributed by atoms with Crippen LogP contribution in [0.15, 0.2) is 0 Å². The summed E-state index contributed by atoms with van der Waals surface area (Å²) in [5, 5.41) is 3.16. The Bertz CT molecular complexity index is 711. The van der Waals surface area contributed by atoms with E-state index in [-0.39, 0.29) is 41.3 Å². The molecule has 2 unspecified atom stereocenters. The van der Waals surface area contributed by atoms with Crippen molar-refractivity contribution in [3.8, 4) is 0 Å². The summed E-state index contributed by atoms with van der Waals surface area (Å²) in [6.07, 6.45) is 4.48. The van der Waals surface area contributed by atoms with E-state index in [2.05, 4.69) is 31.0 Å². The van der Waals surface area contributed by atoms with Crippen molar-refractivity contribution in [2.75, 3.05) is 45.9 Å². The molecule has 0 bridgehead atoms. The minimum absolute atomic E-state index is 0.0941. The molecule has 2 aliphatic heterocycles. The second kappa shape index (κ2) is 11.8. The molecule has 2 atom stereocenters. The lowest BCUT2D eigenvalue weighted by Crippen LogP contribution is -2.49. The van der Waals surface area contributed by atoms with Gasteiger partial charge in [-0.1, -0.05) is 20.8 Å². The molecule has 3 N–H and O–H groups in total. The number of nitrogens with two attached hydrogens (primary N) is 1. The minimum Gasteiger partial charge on any atom is -0.379 e. The maximum absolute atomic E-state index is 13.4. The van der Waals surface area contributed by atoms with Gasteiger partial charge in [-0.05, 0) is 37.5 Å². The number of carbonyl (C=O) groups excluding carboxylic acids is 3. The van der Waals surface area contributed by atoms with Crippen LogP contribution in [0.3, 0.4) is 0 Å². The third-order valence-electron chi connectivity index (χ3n) is 7.31. The molecule has 3 fully saturated rings. The van der Waals surface area contributed by atoms with Crippen LogP contribution in [0.5, 0.6) is 0 Å². The van der Waals surface area contributed by atoms with E-state index in [1.807, 2.05) is 4.90 Å². The van der Waals surface area contributed by atoms with Gasteiger partial charge in [0.15, 0.2) is 0 Å². The summed E-state index contributed by atoms with van der Waals surface area (Å²) in [7, 11) is 0. The molecule has 3 rings (SSSR count). The van der Waals surface area contributed by atoms with Crippen LogP contribution < -0.4 is 11.1 Å². The Morgan fingerprint density at radius 1 is 1.09 bits per heavy atom. The van der Waals surface area contributed by atoms with E-state index in [9.17, 15) is 14.4 Å². The number of nitrogens with one attached hydrogen (secondary N) is 1. The molecule has 0 spiro atoms. The molecule has 9 heteroatoms. The third kappa shape index (κ3) is 7.65. The van der Waals surface area contributed by atoms with E-state index >= 15 is 0 Å². The van der Waals surface area contributed by atoms with Crippen LogP contribution in [0.2, 0.25) is 0 Å². The van der Waals surface area contributed by atoms with Crippen molar-refractivity contribution in [1.82, 2.24) is 20.0 Å². The quantitative estimate of drug-likeness (QED) is 0.563. The Hall–Kier alpha value is -1.71. The summed E-state index contributed by atoms with van der Waals surface area (Å²) in [6, 6.07) is -0.367. The van der Waals surface area contributed by atoms with E-state index in [0.29, 0.717) is 39.1 Å². The normalized spacial score (nSPS) is 28.6. The highest BCUT2D eigenvalue weighted by molar-refractivity contribution is 5.88. The van der Waals surface area contributed by atoms with Crippen LogP contribution in [0.25, 0.3) is 0 Å². The summed E-state index contributed by atoms with van der Waals surface area (Å²) in [4.78, 5) is 45.0. The summed E-state index contributed by atoms with van der Waals surface area (Å²) in [5.74, 6) is -0.129. The highest BCUT2D eigenvalue weighted by Crippen LogP contribution is 2.27. The highest BCUT2D eigenvalue weighted by atomic mass is 16.5. The fourth-order valence-electron chi connectivity index (χ4n) is 5.34. The monoisotopic (exact) mass is 479 g/mol. The Balaban J connectivity index is 1.69. The maximum Gasteiger partial charge on any atom is 0.243 e. The van der Waals surface area contributed by atoms with Gasteiger partial charge in [-0.15, -0.1) is 0 Å². The number of carbonyl (C=O) groups is 3. The predicted molar refractivity (Wildman–Crippen MR) is 131 cm³/mol. The zero-order valence-electron chi connectivity index (χ0n) is 21.6. The summed E-state index contributed by atoms with van der Waals surface area (Å²) in [5.41, 5.74) is 5.87. The van der Waals surface area contributed by atoms with Gasteiger partial charge in [0.25, 0.3) is 0 Å². The van der Waals surface area contributed by atoms with Gasteiger partial charge in [-0.3, -0.25) is 19.3 Å². The standard InChI is InChI=1S/C25H45N5O4/c1-18(31)30-17-21(15-22(30)24(33)27-20-7-5-19(26)6-8-20)29(23(32)16-25(2,3)4)10-9-28-11-13-34-14-12-28/h19-22H,5-17,26H2,1-4H3,(H,27,33). The average molecular weight is 480 g/mol. The predicted octanol–water partition coefficient (Wildman–Crippen LogP) is 0.959. The first-order valence-corrected chi connectivity index (χ1v) is 13.0. The van der Waals surface area contributed by atoms with Crippen molar-refractivity contribution in [1.29, 1.82) is 0 Å². The van der Waals surface area contributed by atoms with E-state index in [4.69, 9.17) is 10.5 Å². The van der Waals surface area contributed by atoms with E-state index < -0.39 is 6.04 Å². The van der Waals surface area contributed by atoms with Crippen LogP contribution >= 0.6 is 0 Å². The van der Waals surface area contributed by atoms with Crippen LogP contribution in [-0.2, 0) is 19.1 Å². The van der Waals surface area contributed by atoms with Gasteiger partial charge in [0.1, 0.15) is 6.04 Å². The lowest BCUT2D eigenvalue weighted by atomic mass is 9.91. The van der Waals surface area contributed by atoms with Crippen molar-refractivity contribution >= 4 is 17.7 Å². The molecule has 3 amide bonds. The topological polar surface area (TPSA) is 108 Å². The minimum atomic E-state index is -0.536. The molecule has 1 aliphatic carbocycles. The molecule has 0 radical (unpaired) electrons. The molecule has 2 saturated heterocycles. The molecule has 2 heterocycles. The third-order valence-corrected chi connectivity index (χ3v) is 7.31. The lowest BCUT2D eigenvalue weighted by Gasteiger charge is -2.34. The van der Waals surface area contributed by atoms with Crippen LogP contribution in [0.1, 0.15) is 66.2 Å². The highest BCUT2D eigenvalue weighted by Gasteiger charge is 2.42. The first kappa shape index (κ1) is 26.9. The number of morpholine rings is 1. The summed E-state index contributed by atoms with van der Waals surface area (Å²) >= 11 is 0. The number of nitrogens with zero attached hydrogens (tertiary/aromatic N) is 3. The van der Waals surface area contributed by atoms with E-state index in [1.165, 1.54) is 6.92 Å². The first-order chi connectivity index (χ1) is 16.0. The van der Waals surface area contributed by atoms with E-state index in [1.54, 1.807) is 4.90 Å². The van der Waals surface area contributed by atoms with Crippen molar-refractivity contribution in [2.24, 2.45) is 11.1 Å². The van der Waals surface area contributed by atoms with Crippen molar-refractivity contribution in [3.63, 3.8) is 0 Å². The molecule has 3 aliphatic rings. The second-order valence-electron chi connectivity index (χ2n) is 11.5. The molecule has 34 heavy (non-hydrogen) atoms. The largest absolute Gasteiger partial charge is 0.379 e. The Labute approximate surface area is 204 Å². The lowest BCUT2D eigenvalue weighted by molar-refractivity contribution is -0.138. The van der Waals surface area contributed by atoms with E-state index in [0.717, 1.165) is 45.3 Å². The number of ether oxygens (including phenoxy) is 1. The zero-order chi connectivity index (χ0) is 24.9. The molecule has 0 aromatic rings.